The summed E-state index contributed by atoms with van der Waals surface area (Å²) in [5, 5.41) is 11.6. The monoisotopic (exact) mass is 540 g/mol. The van der Waals surface area contributed by atoms with Crippen LogP contribution in [-0.4, -0.2) is 52.3 Å². The number of azide groups is 1. The van der Waals surface area contributed by atoms with Gasteiger partial charge in [0.2, 0.25) is 18.3 Å². The highest BCUT2D eigenvalue weighted by Gasteiger charge is 2.51. The quantitative estimate of drug-likeness (QED) is 0.101. The zero-order chi connectivity index (χ0) is 25.6. The zero-order valence-corrected chi connectivity index (χ0v) is 20.4. The minimum atomic E-state index is -2.25. The van der Waals surface area contributed by atoms with Crippen LogP contribution < -0.4 is 0 Å². The average Bonchev–Trinajstić information content (AvgIpc) is 2.83. The van der Waals surface area contributed by atoms with Crippen LogP contribution in [0.2, 0.25) is 0 Å². The molecule has 10 nitrogen and oxygen atoms in total. The Hall–Kier alpha value is -3.01. The van der Waals surface area contributed by atoms with Gasteiger partial charge in [0, 0.05) is 4.91 Å². The lowest BCUT2D eigenvalue weighted by atomic mass is 9.97. The maximum atomic E-state index is 12.9. The Labute approximate surface area is 215 Å². The summed E-state index contributed by atoms with van der Waals surface area (Å²) < 4.78 is 20.1. The first-order valence-electron chi connectivity index (χ1n) is 10.2. The van der Waals surface area contributed by atoms with Gasteiger partial charge < -0.3 is 18.9 Å². The van der Waals surface area contributed by atoms with Gasteiger partial charge in [-0.2, -0.15) is 0 Å². The highest BCUT2D eigenvalue weighted by Crippen LogP contribution is 2.34. The van der Waals surface area contributed by atoms with E-state index < -0.39 is 52.3 Å². The van der Waals surface area contributed by atoms with Crippen LogP contribution in [0, 0.1) is 5.41 Å². The lowest BCUT2D eigenvalue weighted by molar-refractivity contribution is -0.242. The second-order valence-corrected chi connectivity index (χ2v) is 9.60. The number of halogens is 3. The number of carbonyl (C=O) groups is 2. The summed E-state index contributed by atoms with van der Waals surface area (Å²) in [5.41, 5.74) is 9.48. The van der Waals surface area contributed by atoms with Gasteiger partial charge in [0.15, 0.2) is 6.10 Å². The Morgan fingerprint density at radius 3 is 1.89 bits per heavy atom. The maximum Gasteiger partial charge on any atom is 0.338 e. The van der Waals surface area contributed by atoms with Gasteiger partial charge in [-0.1, -0.05) is 76.3 Å². The SMILES string of the molecule is CC1O[C@H](OC(=N)C(Cl)(Cl)Cl)C(OC(=O)c2ccccc2)C(OC(=O)c2ccccc2)C1N=[N+]=[N-]. The summed E-state index contributed by atoms with van der Waals surface area (Å²) in [7, 11) is 0. The Bertz CT molecular complexity index is 1110. The molecule has 1 saturated heterocycles. The number of alkyl halides is 3. The van der Waals surface area contributed by atoms with E-state index in [0.29, 0.717) is 0 Å². The molecular weight excluding hydrogens is 523 g/mol. The Morgan fingerprint density at radius 1 is 0.943 bits per heavy atom. The Kier molecular flexibility index (Phi) is 8.82. The Morgan fingerprint density at radius 2 is 1.43 bits per heavy atom. The first-order valence-corrected chi connectivity index (χ1v) is 11.3. The van der Waals surface area contributed by atoms with Crippen LogP contribution in [0.5, 0.6) is 0 Å². The van der Waals surface area contributed by atoms with Crippen molar-refractivity contribution < 1.29 is 28.5 Å². The van der Waals surface area contributed by atoms with Crippen molar-refractivity contribution in [1.82, 2.24) is 0 Å². The number of carbonyl (C=O) groups excluding carboxylic acids is 2. The topological polar surface area (TPSA) is 144 Å². The number of esters is 2. The van der Waals surface area contributed by atoms with E-state index in [1.54, 1.807) is 36.4 Å². The minimum absolute atomic E-state index is 0.176. The van der Waals surface area contributed by atoms with Crippen molar-refractivity contribution in [2.45, 2.75) is 41.4 Å². The minimum Gasteiger partial charge on any atom is -0.454 e. The van der Waals surface area contributed by atoms with Gasteiger partial charge in [-0.05, 0) is 36.7 Å². The predicted molar refractivity (Wildman–Crippen MR) is 128 cm³/mol. The van der Waals surface area contributed by atoms with Gasteiger partial charge in [-0.15, -0.1) is 0 Å². The molecule has 2 aromatic carbocycles. The van der Waals surface area contributed by atoms with E-state index in [4.69, 9.17) is 64.7 Å². The van der Waals surface area contributed by atoms with Crippen molar-refractivity contribution >= 4 is 52.6 Å². The molecule has 1 heterocycles. The van der Waals surface area contributed by atoms with E-state index in [-0.39, 0.29) is 11.1 Å². The van der Waals surface area contributed by atoms with Gasteiger partial charge in [-0.25, -0.2) is 9.59 Å². The number of nitrogens with zero attached hydrogens (tertiary/aromatic N) is 3. The molecule has 0 amide bonds. The van der Waals surface area contributed by atoms with Gasteiger partial charge in [0.25, 0.3) is 3.79 Å². The molecule has 0 spiro atoms. The molecule has 1 fully saturated rings. The van der Waals surface area contributed by atoms with E-state index in [2.05, 4.69) is 10.0 Å². The fraction of sp³-hybridized carbons (Fsp3) is 0.318. The molecule has 1 aliphatic rings. The second-order valence-electron chi connectivity index (χ2n) is 7.32. The summed E-state index contributed by atoms with van der Waals surface area (Å²) in [5.74, 6) is -2.42. The number of rotatable bonds is 6. The van der Waals surface area contributed by atoms with E-state index in [1.165, 1.54) is 31.2 Å². The molecule has 4 unspecified atom stereocenters. The van der Waals surface area contributed by atoms with Gasteiger partial charge in [0.05, 0.1) is 17.2 Å². The largest absolute Gasteiger partial charge is 0.454 e. The smallest absolute Gasteiger partial charge is 0.338 e. The number of nitrogens with one attached hydrogen (secondary N) is 1. The van der Waals surface area contributed by atoms with Crippen LogP contribution in [0.1, 0.15) is 27.6 Å². The molecule has 184 valence electrons. The summed E-state index contributed by atoms with van der Waals surface area (Å²) in [6.07, 6.45) is -5.32. The molecule has 1 N–H and O–H groups in total. The van der Waals surface area contributed by atoms with Gasteiger partial charge in [0.1, 0.15) is 6.04 Å². The molecule has 0 radical (unpaired) electrons. The summed E-state index contributed by atoms with van der Waals surface area (Å²) in [4.78, 5) is 28.6. The average molecular weight is 542 g/mol. The normalized spacial score (nSPS) is 23.9. The fourth-order valence-electron chi connectivity index (χ4n) is 3.27. The van der Waals surface area contributed by atoms with Crippen molar-refractivity contribution in [3.8, 4) is 0 Å². The van der Waals surface area contributed by atoms with Gasteiger partial charge >= 0.3 is 11.9 Å². The van der Waals surface area contributed by atoms with Crippen LogP contribution in [0.4, 0.5) is 0 Å². The molecule has 13 heteroatoms. The van der Waals surface area contributed by atoms with Crippen molar-refractivity contribution in [1.29, 1.82) is 5.41 Å². The van der Waals surface area contributed by atoms with E-state index in [0.717, 1.165) is 0 Å². The molecule has 1 aliphatic heterocycles. The molecule has 0 bridgehead atoms. The third-order valence-electron chi connectivity index (χ3n) is 4.94. The van der Waals surface area contributed by atoms with E-state index in [9.17, 15) is 9.59 Å². The molecule has 2 aromatic rings. The van der Waals surface area contributed by atoms with Crippen LogP contribution in [-0.2, 0) is 18.9 Å². The number of ether oxygens (including phenoxy) is 4. The fourth-order valence-corrected chi connectivity index (χ4v) is 3.41. The van der Waals surface area contributed by atoms with Crippen LogP contribution in [0.3, 0.4) is 0 Å². The highest BCUT2D eigenvalue weighted by atomic mass is 35.6. The summed E-state index contributed by atoms with van der Waals surface area (Å²) >= 11 is 17.2. The highest BCUT2D eigenvalue weighted by molar-refractivity contribution is 6.76. The number of hydrogen-bond donors (Lipinski definition) is 1. The number of hydrogen-bond acceptors (Lipinski definition) is 8. The second kappa shape index (κ2) is 11.6. The van der Waals surface area contributed by atoms with Crippen molar-refractivity contribution in [3.63, 3.8) is 0 Å². The van der Waals surface area contributed by atoms with E-state index >= 15 is 0 Å². The molecule has 3 rings (SSSR count). The first-order chi connectivity index (χ1) is 16.6. The molecule has 0 saturated carbocycles. The Balaban J connectivity index is 2.00. The van der Waals surface area contributed by atoms with Gasteiger partial charge in [-0.3, -0.25) is 5.41 Å². The van der Waals surface area contributed by atoms with Crippen molar-refractivity contribution in [3.05, 3.63) is 82.2 Å². The van der Waals surface area contributed by atoms with Crippen LogP contribution >= 0.6 is 34.8 Å². The zero-order valence-electron chi connectivity index (χ0n) is 18.1. The summed E-state index contributed by atoms with van der Waals surface area (Å²) in [6, 6.07) is 14.9. The lowest BCUT2D eigenvalue weighted by Crippen LogP contribution is -2.60. The lowest BCUT2D eigenvalue weighted by Gasteiger charge is -2.42. The van der Waals surface area contributed by atoms with Crippen molar-refractivity contribution in [2.75, 3.05) is 0 Å². The molecule has 35 heavy (non-hydrogen) atoms. The maximum absolute atomic E-state index is 12.9. The molecule has 0 aliphatic carbocycles. The first kappa shape index (κ1) is 26.6. The van der Waals surface area contributed by atoms with Crippen LogP contribution in [0.25, 0.3) is 10.4 Å². The molecular formula is C22H19Cl3N4O6. The predicted octanol–water partition coefficient (Wildman–Crippen LogP) is 5.23. The molecule has 0 aromatic heterocycles. The third kappa shape index (κ3) is 6.78. The van der Waals surface area contributed by atoms with Crippen molar-refractivity contribution in [2.24, 2.45) is 5.11 Å². The summed E-state index contributed by atoms with van der Waals surface area (Å²) in [6.45, 7) is 1.52. The van der Waals surface area contributed by atoms with Crippen LogP contribution in [0.15, 0.2) is 65.8 Å². The van der Waals surface area contributed by atoms with E-state index in [1.807, 2.05) is 0 Å². The number of benzene rings is 2. The molecule has 5 atom stereocenters. The standard InChI is InChI=1S/C22H19Cl3N4O6/c1-12-15(28-29-27)16(33-18(30)13-8-4-2-5-9-13)17(20(32-12)35-21(26)22(23,24)25)34-19(31)14-10-6-3-7-11-14/h2-12,15-17,20,26H,1H3/t12?,15?,16?,17?,20-/m1/s1. The third-order valence-corrected chi connectivity index (χ3v) is 5.45.